The minimum absolute atomic E-state index is 0.173. The number of carbonyl (C=O) groups is 1. The molecule has 0 atom stereocenters. The van der Waals surface area contributed by atoms with Crippen LogP contribution in [0.3, 0.4) is 0 Å². The van der Waals surface area contributed by atoms with Gasteiger partial charge in [0, 0.05) is 24.6 Å². The minimum atomic E-state index is -0.181. The molecule has 0 radical (unpaired) electrons. The summed E-state index contributed by atoms with van der Waals surface area (Å²) in [6, 6.07) is 3.42. The number of amides is 1. The van der Waals surface area contributed by atoms with Crippen molar-refractivity contribution < 1.29 is 9.90 Å². The zero-order valence-corrected chi connectivity index (χ0v) is 9.00. The van der Waals surface area contributed by atoms with Crippen LogP contribution in [0.15, 0.2) is 36.3 Å². The third kappa shape index (κ3) is 1.82. The first-order chi connectivity index (χ1) is 7.74. The van der Waals surface area contributed by atoms with Gasteiger partial charge in [0.25, 0.3) is 5.91 Å². The van der Waals surface area contributed by atoms with Crippen molar-refractivity contribution in [3.8, 4) is 0 Å². The lowest BCUT2D eigenvalue weighted by Gasteiger charge is -2.27. The Balaban J connectivity index is 2.25. The Morgan fingerprint density at radius 1 is 1.62 bits per heavy atom. The van der Waals surface area contributed by atoms with Gasteiger partial charge in [-0.25, -0.2) is 5.01 Å². The van der Waals surface area contributed by atoms with Crippen molar-refractivity contribution in [1.82, 2.24) is 15.0 Å². The summed E-state index contributed by atoms with van der Waals surface area (Å²) in [6.45, 7) is 2.21. The summed E-state index contributed by atoms with van der Waals surface area (Å²) < 4.78 is 0. The van der Waals surface area contributed by atoms with E-state index in [1.54, 1.807) is 23.3 Å². The van der Waals surface area contributed by atoms with E-state index in [0.717, 1.165) is 5.70 Å². The molecule has 0 bridgehead atoms. The average molecular weight is 219 g/mol. The molecule has 1 aromatic heterocycles. The summed E-state index contributed by atoms with van der Waals surface area (Å²) >= 11 is 0. The highest BCUT2D eigenvalue weighted by atomic mass is 16.3. The Morgan fingerprint density at radius 3 is 3.06 bits per heavy atom. The van der Waals surface area contributed by atoms with Crippen molar-refractivity contribution in [3.05, 3.63) is 41.9 Å². The molecule has 5 nitrogen and oxygen atoms in total. The Bertz CT molecular complexity index is 416. The lowest BCUT2D eigenvalue weighted by Crippen LogP contribution is -2.42. The highest BCUT2D eigenvalue weighted by molar-refractivity contribution is 5.94. The van der Waals surface area contributed by atoms with Gasteiger partial charge in [-0.05, 0) is 25.1 Å². The number of hydrazine groups is 1. The monoisotopic (exact) mass is 219 g/mol. The van der Waals surface area contributed by atoms with Gasteiger partial charge in [-0.2, -0.15) is 5.01 Å². The summed E-state index contributed by atoms with van der Waals surface area (Å²) in [4.78, 5) is 16.0. The van der Waals surface area contributed by atoms with E-state index >= 15 is 0 Å². The van der Waals surface area contributed by atoms with Gasteiger partial charge in [-0.1, -0.05) is 0 Å². The van der Waals surface area contributed by atoms with Crippen LogP contribution in [0.25, 0.3) is 0 Å². The Morgan fingerprint density at radius 2 is 2.44 bits per heavy atom. The molecule has 0 saturated carbocycles. The number of pyridine rings is 1. The number of aliphatic hydroxyl groups is 1. The van der Waals surface area contributed by atoms with Crippen LogP contribution in [-0.4, -0.2) is 39.3 Å². The summed E-state index contributed by atoms with van der Waals surface area (Å²) in [5.74, 6) is -0.173. The quantitative estimate of drug-likeness (QED) is 0.791. The zero-order valence-electron chi connectivity index (χ0n) is 9.00. The van der Waals surface area contributed by atoms with Crippen LogP contribution in [0.4, 0.5) is 0 Å². The summed E-state index contributed by atoms with van der Waals surface area (Å²) in [5.41, 5.74) is 1.33. The van der Waals surface area contributed by atoms with Crippen LogP contribution in [0.2, 0.25) is 0 Å². The fraction of sp³-hybridized carbons (Fsp3) is 0.273. The van der Waals surface area contributed by atoms with Crippen molar-refractivity contribution in [2.75, 3.05) is 13.3 Å². The van der Waals surface area contributed by atoms with Crippen LogP contribution in [0, 0.1) is 0 Å². The SMILES string of the molecule is CC1=CCN(CO)N1C(=O)c1cccnc1. The van der Waals surface area contributed by atoms with Crippen molar-refractivity contribution in [1.29, 1.82) is 0 Å². The molecule has 1 N–H and O–H groups in total. The molecule has 2 rings (SSSR count). The van der Waals surface area contributed by atoms with Crippen LogP contribution in [0.5, 0.6) is 0 Å². The van der Waals surface area contributed by atoms with E-state index < -0.39 is 0 Å². The molecule has 0 saturated heterocycles. The molecule has 84 valence electrons. The highest BCUT2D eigenvalue weighted by Gasteiger charge is 2.27. The van der Waals surface area contributed by atoms with Gasteiger partial charge in [0.15, 0.2) is 0 Å². The number of allylic oxidation sites excluding steroid dienone is 1. The second-order valence-corrected chi connectivity index (χ2v) is 3.53. The maximum Gasteiger partial charge on any atom is 0.274 e. The Hall–Kier alpha value is -1.72. The van der Waals surface area contributed by atoms with E-state index in [1.165, 1.54) is 11.2 Å². The molecule has 1 aromatic rings. The zero-order chi connectivity index (χ0) is 11.5. The van der Waals surface area contributed by atoms with E-state index in [1.807, 2.05) is 13.0 Å². The van der Waals surface area contributed by atoms with Crippen molar-refractivity contribution in [3.63, 3.8) is 0 Å². The number of aliphatic hydroxyl groups excluding tert-OH is 1. The normalized spacial score (nSPS) is 16.4. The molecule has 2 heterocycles. The van der Waals surface area contributed by atoms with Crippen LogP contribution >= 0.6 is 0 Å². The predicted molar refractivity (Wildman–Crippen MR) is 58.0 cm³/mol. The number of nitrogens with zero attached hydrogens (tertiary/aromatic N) is 3. The first kappa shape index (κ1) is 10.8. The molecule has 1 amide bonds. The fourth-order valence-electron chi connectivity index (χ4n) is 1.65. The number of hydrogen-bond donors (Lipinski definition) is 1. The lowest BCUT2D eigenvalue weighted by molar-refractivity contribution is -0.0199. The van der Waals surface area contributed by atoms with Gasteiger partial charge in [0.2, 0.25) is 0 Å². The molecule has 0 unspecified atom stereocenters. The number of aromatic nitrogens is 1. The number of hydrogen-bond acceptors (Lipinski definition) is 4. The third-order valence-electron chi connectivity index (χ3n) is 2.48. The van der Waals surface area contributed by atoms with Gasteiger partial charge in [-0.15, -0.1) is 0 Å². The van der Waals surface area contributed by atoms with E-state index in [9.17, 15) is 4.79 Å². The molecule has 0 aromatic carbocycles. The molecule has 5 heteroatoms. The standard InChI is InChI=1S/C11H13N3O2/c1-9-4-6-13(8-15)14(9)11(16)10-3-2-5-12-7-10/h2-5,7,15H,6,8H2,1H3. The largest absolute Gasteiger partial charge is 0.379 e. The van der Waals surface area contributed by atoms with Crippen LogP contribution in [-0.2, 0) is 0 Å². The predicted octanol–water partition coefficient (Wildman–Crippen LogP) is 0.608. The number of rotatable bonds is 2. The Kier molecular flexibility index (Phi) is 2.98. The maximum absolute atomic E-state index is 12.1. The maximum atomic E-state index is 12.1. The molecule has 0 aliphatic carbocycles. The summed E-state index contributed by atoms with van der Waals surface area (Å²) in [6.07, 6.45) is 5.03. The molecule has 0 spiro atoms. The molecule has 1 aliphatic heterocycles. The van der Waals surface area contributed by atoms with Gasteiger partial charge in [-0.3, -0.25) is 9.78 Å². The van der Waals surface area contributed by atoms with Crippen LogP contribution in [0.1, 0.15) is 17.3 Å². The van der Waals surface area contributed by atoms with E-state index in [2.05, 4.69) is 4.98 Å². The van der Waals surface area contributed by atoms with Crippen molar-refractivity contribution >= 4 is 5.91 Å². The minimum Gasteiger partial charge on any atom is -0.379 e. The topological polar surface area (TPSA) is 56.7 Å². The molecule has 0 fully saturated rings. The molecular formula is C11H13N3O2. The van der Waals surface area contributed by atoms with Crippen LogP contribution < -0.4 is 0 Å². The first-order valence-corrected chi connectivity index (χ1v) is 5.01. The van der Waals surface area contributed by atoms with E-state index in [-0.39, 0.29) is 12.6 Å². The smallest absolute Gasteiger partial charge is 0.274 e. The second-order valence-electron chi connectivity index (χ2n) is 3.53. The van der Waals surface area contributed by atoms with Gasteiger partial charge in [0.1, 0.15) is 6.73 Å². The fourth-order valence-corrected chi connectivity index (χ4v) is 1.65. The molecule has 16 heavy (non-hydrogen) atoms. The number of carbonyl (C=O) groups excluding carboxylic acids is 1. The molecular weight excluding hydrogens is 206 g/mol. The van der Waals surface area contributed by atoms with E-state index in [4.69, 9.17) is 5.11 Å². The van der Waals surface area contributed by atoms with Gasteiger partial charge >= 0.3 is 0 Å². The van der Waals surface area contributed by atoms with E-state index in [0.29, 0.717) is 12.1 Å². The molecule has 1 aliphatic rings. The van der Waals surface area contributed by atoms with Gasteiger partial charge < -0.3 is 5.11 Å². The Labute approximate surface area is 93.6 Å². The van der Waals surface area contributed by atoms with Gasteiger partial charge in [0.05, 0.1) is 5.56 Å². The summed E-state index contributed by atoms with van der Waals surface area (Å²) in [5, 5.41) is 12.2. The first-order valence-electron chi connectivity index (χ1n) is 5.01. The third-order valence-corrected chi connectivity index (χ3v) is 2.48. The lowest BCUT2D eigenvalue weighted by atomic mass is 10.2. The van der Waals surface area contributed by atoms with Crippen molar-refractivity contribution in [2.24, 2.45) is 0 Å². The van der Waals surface area contributed by atoms with Crippen molar-refractivity contribution in [2.45, 2.75) is 6.92 Å². The summed E-state index contributed by atoms with van der Waals surface area (Å²) in [7, 11) is 0. The average Bonchev–Trinajstić information content (AvgIpc) is 2.70. The highest BCUT2D eigenvalue weighted by Crippen LogP contribution is 2.18. The second kappa shape index (κ2) is 4.42.